The SMILES string of the molecule is CCCCC(I)=C=C(CCCC)C(=O)c1ccc(OC)cc1. The number of ether oxygens (including phenoxy) is 1. The lowest BCUT2D eigenvalue weighted by molar-refractivity contribution is 0.103. The van der Waals surface area contributed by atoms with Gasteiger partial charge in [0.2, 0.25) is 0 Å². The van der Waals surface area contributed by atoms with Gasteiger partial charge in [-0.25, -0.2) is 0 Å². The number of Topliss-reactive ketones (excluding diaryl/α,β-unsaturated/α-hetero) is 1. The van der Waals surface area contributed by atoms with Gasteiger partial charge in [-0.1, -0.05) is 26.7 Å². The van der Waals surface area contributed by atoms with Crippen LogP contribution in [0, 0.1) is 0 Å². The first kappa shape index (κ1) is 19.0. The summed E-state index contributed by atoms with van der Waals surface area (Å²) >= 11 is 2.31. The maximum absolute atomic E-state index is 12.7. The maximum atomic E-state index is 12.7. The van der Waals surface area contributed by atoms with Crippen LogP contribution in [0.3, 0.4) is 0 Å². The molecular formula is C19H25IO2. The Kier molecular flexibility index (Phi) is 9.17. The molecule has 0 saturated heterocycles. The normalized spacial score (nSPS) is 10.0. The number of hydrogen-bond acceptors (Lipinski definition) is 2. The molecule has 0 spiro atoms. The van der Waals surface area contributed by atoms with E-state index in [1.807, 2.05) is 24.3 Å². The Morgan fingerprint density at radius 2 is 1.68 bits per heavy atom. The summed E-state index contributed by atoms with van der Waals surface area (Å²) in [4.78, 5) is 12.7. The molecule has 0 aromatic heterocycles. The molecule has 0 aliphatic heterocycles. The smallest absolute Gasteiger partial charge is 0.196 e. The fourth-order valence-electron chi connectivity index (χ4n) is 2.06. The van der Waals surface area contributed by atoms with Gasteiger partial charge in [-0.2, -0.15) is 0 Å². The van der Waals surface area contributed by atoms with E-state index >= 15 is 0 Å². The van der Waals surface area contributed by atoms with Crippen LogP contribution in [0.15, 0.2) is 39.1 Å². The molecule has 0 saturated carbocycles. The van der Waals surface area contributed by atoms with E-state index in [4.69, 9.17) is 4.74 Å². The minimum atomic E-state index is 0.0850. The van der Waals surface area contributed by atoms with Crippen LogP contribution in [0.4, 0.5) is 0 Å². The Morgan fingerprint density at radius 1 is 1.09 bits per heavy atom. The summed E-state index contributed by atoms with van der Waals surface area (Å²) in [6, 6.07) is 7.31. The van der Waals surface area contributed by atoms with Gasteiger partial charge in [-0.3, -0.25) is 4.79 Å². The Morgan fingerprint density at radius 3 is 2.23 bits per heavy atom. The van der Waals surface area contributed by atoms with Crippen LogP contribution in [-0.4, -0.2) is 12.9 Å². The zero-order valence-corrected chi connectivity index (χ0v) is 15.9. The Labute approximate surface area is 147 Å². The second-order valence-electron chi connectivity index (χ2n) is 5.27. The van der Waals surface area contributed by atoms with Crippen molar-refractivity contribution in [1.29, 1.82) is 0 Å². The summed E-state index contributed by atoms with van der Waals surface area (Å²) < 4.78 is 6.29. The van der Waals surface area contributed by atoms with E-state index in [1.54, 1.807) is 7.11 Å². The maximum Gasteiger partial charge on any atom is 0.196 e. The summed E-state index contributed by atoms with van der Waals surface area (Å²) in [7, 11) is 1.63. The number of halogens is 1. The molecule has 22 heavy (non-hydrogen) atoms. The van der Waals surface area contributed by atoms with Crippen LogP contribution in [0.5, 0.6) is 5.75 Å². The van der Waals surface area contributed by atoms with Crippen LogP contribution in [0.1, 0.15) is 62.7 Å². The van der Waals surface area contributed by atoms with Crippen LogP contribution in [0.25, 0.3) is 0 Å². The van der Waals surface area contributed by atoms with Crippen molar-refractivity contribution in [2.75, 3.05) is 7.11 Å². The van der Waals surface area contributed by atoms with Gasteiger partial charge in [0.1, 0.15) is 5.75 Å². The summed E-state index contributed by atoms with van der Waals surface area (Å²) in [5, 5.41) is 0. The van der Waals surface area contributed by atoms with E-state index in [0.717, 1.165) is 53.4 Å². The molecule has 0 aliphatic carbocycles. The topological polar surface area (TPSA) is 26.3 Å². The zero-order valence-electron chi connectivity index (χ0n) is 13.7. The van der Waals surface area contributed by atoms with Crippen molar-refractivity contribution in [2.45, 2.75) is 52.4 Å². The quantitative estimate of drug-likeness (QED) is 0.212. The third-order valence-electron chi connectivity index (χ3n) is 3.44. The van der Waals surface area contributed by atoms with Gasteiger partial charge < -0.3 is 4.74 Å². The van der Waals surface area contributed by atoms with Crippen molar-refractivity contribution in [2.24, 2.45) is 0 Å². The first-order chi connectivity index (χ1) is 10.6. The lowest BCUT2D eigenvalue weighted by Crippen LogP contribution is -2.03. The van der Waals surface area contributed by atoms with Crippen molar-refractivity contribution >= 4 is 28.4 Å². The molecular weight excluding hydrogens is 387 g/mol. The van der Waals surface area contributed by atoms with Crippen molar-refractivity contribution in [1.82, 2.24) is 0 Å². The third-order valence-corrected chi connectivity index (χ3v) is 4.25. The predicted molar refractivity (Wildman–Crippen MR) is 101 cm³/mol. The highest BCUT2D eigenvalue weighted by Crippen LogP contribution is 2.20. The van der Waals surface area contributed by atoms with E-state index < -0.39 is 0 Å². The van der Waals surface area contributed by atoms with Gasteiger partial charge in [-0.15, -0.1) is 5.73 Å². The Hall–Kier alpha value is -1.06. The van der Waals surface area contributed by atoms with Gasteiger partial charge >= 0.3 is 0 Å². The van der Waals surface area contributed by atoms with Gasteiger partial charge in [0, 0.05) is 14.7 Å². The number of benzene rings is 1. The number of ketones is 1. The molecule has 0 fully saturated rings. The molecule has 120 valence electrons. The fraction of sp³-hybridized carbons (Fsp3) is 0.474. The second kappa shape index (κ2) is 10.6. The highest BCUT2D eigenvalue weighted by atomic mass is 127. The van der Waals surface area contributed by atoms with Gasteiger partial charge in [-0.05, 0) is 72.5 Å². The first-order valence-corrected chi connectivity index (χ1v) is 9.03. The number of rotatable bonds is 9. The highest BCUT2D eigenvalue weighted by molar-refractivity contribution is 14.1. The Bertz CT molecular complexity index is 537. The zero-order chi connectivity index (χ0) is 16.4. The van der Waals surface area contributed by atoms with Gasteiger partial charge in [0.15, 0.2) is 5.78 Å². The molecule has 1 rings (SSSR count). The summed E-state index contributed by atoms with van der Waals surface area (Å²) in [5.74, 6) is 0.852. The van der Waals surface area contributed by atoms with E-state index in [9.17, 15) is 4.79 Å². The number of carbonyl (C=O) groups is 1. The highest BCUT2D eigenvalue weighted by Gasteiger charge is 2.12. The van der Waals surface area contributed by atoms with E-state index in [1.165, 1.54) is 0 Å². The molecule has 0 atom stereocenters. The molecule has 3 heteroatoms. The number of unbranched alkanes of at least 4 members (excludes halogenated alkanes) is 2. The lowest BCUT2D eigenvalue weighted by Gasteiger charge is -2.06. The average molecular weight is 412 g/mol. The molecule has 0 radical (unpaired) electrons. The van der Waals surface area contributed by atoms with Gasteiger partial charge in [0.25, 0.3) is 0 Å². The van der Waals surface area contributed by atoms with E-state index in [-0.39, 0.29) is 5.78 Å². The van der Waals surface area contributed by atoms with Crippen LogP contribution < -0.4 is 4.74 Å². The number of methoxy groups -OCH3 is 1. The standard InChI is InChI=1S/C19H25IO2/c1-4-6-8-16(14-17(20)9-7-5-2)19(21)15-10-12-18(22-3)13-11-15/h10-13H,4-9H2,1-3H3. The number of carbonyl (C=O) groups excluding carboxylic acids is 1. The minimum absolute atomic E-state index is 0.0850. The Balaban J connectivity index is 3.03. The predicted octanol–water partition coefficient (Wildman–Crippen LogP) is 6.10. The van der Waals surface area contributed by atoms with E-state index in [0.29, 0.717) is 5.56 Å². The minimum Gasteiger partial charge on any atom is -0.497 e. The van der Waals surface area contributed by atoms with Crippen LogP contribution in [-0.2, 0) is 0 Å². The largest absolute Gasteiger partial charge is 0.497 e. The monoisotopic (exact) mass is 412 g/mol. The van der Waals surface area contributed by atoms with Crippen molar-refractivity contribution < 1.29 is 9.53 Å². The average Bonchev–Trinajstić information content (AvgIpc) is 2.56. The molecule has 0 unspecified atom stereocenters. The summed E-state index contributed by atoms with van der Waals surface area (Å²) in [6.07, 6.45) is 6.19. The number of allylic oxidation sites excluding steroid dienone is 1. The number of hydrogen-bond donors (Lipinski definition) is 0. The molecule has 0 aliphatic rings. The third kappa shape index (κ3) is 6.37. The lowest BCUT2D eigenvalue weighted by atomic mass is 9.99. The fourth-order valence-corrected chi connectivity index (χ4v) is 2.77. The van der Waals surface area contributed by atoms with Crippen LogP contribution >= 0.6 is 22.6 Å². The van der Waals surface area contributed by atoms with Crippen molar-refractivity contribution in [3.63, 3.8) is 0 Å². The molecule has 0 amide bonds. The van der Waals surface area contributed by atoms with Crippen molar-refractivity contribution in [3.05, 3.63) is 44.7 Å². The summed E-state index contributed by atoms with van der Waals surface area (Å²) in [6.45, 7) is 4.31. The molecule has 1 aromatic carbocycles. The first-order valence-electron chi connectivity index (χ1n) is 7.95. The molecule has 0 bridgehead atoms. The van der Waals surface area contributed by atoms with Crippen LogP contribution in [0.2, 0.25) is 0 Å². The second-order valence-corrected chi connectivity index (χ2v) is 6.58. The molecule has 1 aromatic rings. The molecule has 0 heterocycles. The van der Waals surface area contributed by atoms with Gasteiger partial charge in [0.05, 0.1) is 7.11 Å². The molecule has 0 N–H and O–H groups in total. The van der Waals surface area contributed by atoms with E-state index in [2.05, 4.69) is 42.2 Å². The van der Waals surface area contributed by atoms with Crippen molar-refractivity contribution in [3.8, 4) is 5.75 Å². The molecule has 2 nitrogen and oxygen atoms in total. The summed E-state index contributed by atoms with van der Waals surface area (Å²) in [5.41, 5.74) is 4.86.